The highest BCUT2D eigenvalue weighted by Gasteiger charge is 2.42. The fourth-order valence-electron chi connectivity index (χ4n) is 5.99. The SMILES string of the molecule is C=CCn1c(C=CC2=C(C)NN3C(=O)c4ccccc4N(C)C23)[n+](CC=C)c2nc3ccccc3nc21.Cc1ccc(S(=O)(=O)[O-])cc1. The van der Waals surface area contributed by atoms with Crippen molar-refractivity contribution in [2.45, 2.75) is 38.0 Å². The number of fused-ring (bicyclic) bond motifs is 4. The lowest BCUT2D eigenvalue weighted by Crippen LogP contribution is -2.55. The van der Waals surface area contributed by atoms with Crippen molar-refractivity contribution < 1.29 is 22.3 Å². The van der Waals surface area contributed by atoms with Crippen LogP contribution in [0.15, 0.2) is 120 Å². The molecular weight excluding hydrogens is 627 g/mol. The highest BCUT2D eigenvalue weighted by Crippen LogP contribution is 2.36. The van der Waals surface area contributed by atoms with Crippen molar-refractivity contribution in [3.63, 3.8) is 0 Å². The zero-order valence-electron chi connectivity index (χ0n) is 26.9. The van der Waals surface area contributed by atoms with Crippen LogP contribution < -0.4 is 14.9 Å². The van der Waals surface area contributed by atoms with E-state index in [-0.39, 0.29) is 17.0 Å². The number of carbonyl (C=O) groups is 1. The molecule has 1 unspecified atom stereocenters. The molecule has 1 atom stereocenters. The van der Waals surface area contributed by atoms with Gasteiger partial charge >= 0.3 is 5.65 Å². The summed E-state index contributed by atoms with van der Waals surface area (Å²) in [4.78, 5) is 25.1. The molecule has 0 spiro atoms. The monoisotopic (exact) mass is 661 g/mol. The first-order valence-corrected chi connectivity index (χ1v) is 16.7. The largest absolute Gasteiger partial charge is 0.744 e. The molecule has 0 fully saturated rings. The first kappa shape index (κ1) is 32.4. The van der Waals surface area contributed by atoms with E-state index in [9.17, 15) is 17.8 Å². The standard InChI is InChI=1S/C29H27N7O.C7H8O3S/c1-5-17-34-25(35(18-6-2)27-26(34)30-22-12-8-9-13-23(22)31-27)16-15-20-19(3)32-36-28(20)33(4)24-14-10-7-11-21(24)29(36)37;1-6-2-4-7(5-3-6)11(8,9)10/h5-16,28H,1-2,17-18H2,3-4H3;2-5H,1H3,(H,8,9,10). The Bertz CT molecular complexity index is 2190. The molecule has 7 rings (SSSR count). The quantitative estimate of drug-likeness (QED) is 0.149. The van der Waals surface area contributed by atoms with Gasteiger partial charge in [0, 0.05) is 24.4 Å². The number of rotatable bonds is 7. The molecule has 0 saturated carbocycles. The van der Waals surface area contributed by atoms with E-state index in [1.807, 2.05) is 81.6 Å². The number of benzene rings is 3. The van der Waals surface area contributed by atoms with Gasteiger partial charge in [0.1, 0.15) is 15.6 Å². The predicted octanol–water partition coefficient (Wildman–Crippen LogP) is 4.87. The van der Waals surface area contributed by atoms with Gasteiger partial charge in [0.15, 0.2) is 11.7 Å². The van der Waals surface area contributed by atoms with Gasteiger partial charge in [-0.05, 0) is 56.3 Å². The average Bonchev–Trinajstić information content (AvgIpc) is 3.55. The van der Waals surface area contributed by atoms with Gasteiger partial charge in [-0.1, -0.05) is 72.3 Å². The molecule has 11 nitrogen and oxygen atoms in total. The van der Waals surface area contributed by atoms with Gasteiger partial charge in [-0.15, -0.1) is 0 Å². The molecule has 2 aliphatic rings. The summed E-state index contributed by atoms with van der Waals surface area (Å²) in [7, 11) is -2.25. The van der Waals surface area contributed by atoms with Gasteiger partial charge in [0.2, 0.25) is 5.82 Å². The lowest BCUT2D eigenvalue weighted by molar-refractivity contribution is -0.665. The third kappa shape index (κ3) is 5.87. The Morgan fingerprint density at radius 3 is 2.27 bits per heavy atom. The normalized spacial score (nSPS) is 15.8. The Morgan fingerprint density at radius 1 is 0.938 bits per heavy atom. The number of imidazole rings is 1. The summed E-state index contributed by atoms with van der Waals surface area (Å²) in [5, 5.41) is 1.70. The minimum atomic E-state index is -4.27. The van der Waals surface area contributed by atoms with E-state index < -0.39 is 10.1 Å². The topological polar surface area (TPSA) is 127 Å². The van der Waals surface area contributed by atoms with Crippen molar-refractivity contribution in [3.05, 3.63) is 132 Å². The minimum Gasteiger partial charge on any atom is -0.744 e. The number of carbonyl (C=O) groups excluding carboxylic acids is 1. The first-order valence-electron chi connectivity index (χ1n) is 15.3. The Hall–Kier alpha value is -5.59. The number of nitrogens with zero attached hydrogens (tertiary/aromatic N) is 6. The highest BCUT2D eigenvalue weighted by molar-refractivity contribution is 7.85. The molecule has 12 heteroatoms. The van der Waals surface area contributed by atoms with Gasteiger partial charge < -0.3 is 9.45 Å². The molecule has 0 bridgehead atoms. The van der Waals surface area contributed by atoms with Crippen molar-refractivity contribution >= 4 is 50.1 Å². The van der Waals surface area contributed by atoms with Crippen LogP contribution in [-0.4, -0.2) is 51.6 Å². The van der Waals surface area contributed by atoms with E-state index in [2.05, 4.69) is 44.8 Å². The number of aromatic nitrogens is 4. The Labute approximate surface area is 279 Å². The van der Waals surface area contributed by atoms with Gasteiger partial charge in [-0.3, -0.25) is 10.2 Å². The fourth-order valence-corrected chi connectivity index (χ4v) is 6.46. The smallest absolute Gasteiger partial charge is 0.323 e. The molecule has 3 aromatic carbocycles. The third-order valence-electron chi connectivity index (χ3n) is 8.29. The summed E-state index contributed by atoms with van der Waals surface area (Å²) >= 11 is 0. The number of para-hydroxylation sites is 3. The molecule has 48 heavy (non-hydrogen) atoms. The van der Waals surface area contributed by atoms with Gasteiger partial charge in [0.25, 0.3) is 11.6 Å². The molecule has 5 aromatic rings. The van der Waals surface area contributed by atoms with Crippen LogP contribution in [0.1, 0.15) is 28.7 Å². The van der Waals surface area contributed by atoms with Crippen molar-refractivity contribution in [2.24, 2.45) is 0 Å². The van der Waals surface area contributed by atoms with E-state index in [4.69, 9.17) is 9.97 Å². The van der Waals surface area contributed by atoms with Crippen LogP contribution in [0.5, 0.6) is 0 Å². The molecule has 1 amide bonds. The summed E-state index contributed by atoms with van der Waals surface area (Å²) in [5.74, 6) is 0.887. The number of allylic oxidation sites excluding steroid dienone is 3. The number of nitrogens with one attached hydrogen (secondary N) is 1. The number of likely N-dealkylation sites (N-methyl/N-ethyl adjacent to an activating group) is 1. The first-order chi connectivity index (χ1) is 23.0. The van der Waals surface area contributed by atoms with Crippen molar-refractivity contribution in [2.75, 3.05) is 11.9 Å². The van der Waals surface area contributed by atoms with E-state index in [1.165, 1.54) is 12.1 Å². The molecule has 4 heterocycles. The Morgan fingerprint density at radius 2 is 1.60 bits per heavy atom. The minimum absolute atomic E-state index is 0.0379. The lowest BCUT2D eigenvalue weighted by atomic mass is 10.0. The number of amides is 1. The van der Waals surface area contributed by atoms with E-state index in [1.54, 1.807) is 17.1 Å². The zero-order valence-corrected chi connectivity index (χ0v) is 27.7. The second-order valence-electron chi connectivity index (χ2n) is 11.5. The van der Waals surface area contributed by atoms with Crippen LogP contribution in [0, 0.1) is 6.92 Å². The van der Waals surface area contributed by atoms with Gasteiger partial charge in [-0.25, -0.2) is 27.5 Å². The Balaban J connectivity index is 0.000000312. The molecule has 2 aromatic heterocycles. The molecule has 0 radical (unpaired) electrons. The van der Waals surface area contributed by atoms with E-state index >= 15 is 0 Å². The summed E-state index contributed by atoms with van der Waals surface area (Å²) in [6.07, 6.45) is 7.61. The second kappa shape index (κ2) is 12.9. The number of hydrogen-bond acceptors (Lipinski definition) is 8. The molecule has 2 aliphatic heterocycles. The Kier molecular flexibility index (Phi) is 8.69. The predicted molar refractivity (Wildman–Crippen MR) is 184 cm³/mol. The summed E-state index contributed by atoms with van der Waals surface area (Å²) in [5.41, 5.74) is 11.0. The maximum absolute atomic E-state index is 13.3. The van der Waals surface area contributed by atoms with Gasteiger partial charge in [0.05, 0.1) is 29.2 Å². The molecular formula is C36H35N7O4S. The highest BCUT2D eigenvalue weighted by atomic mass is 32.2. The number of hydrazine groups is 1. The fraction of sp³-hybridized carbons (Fsp3) is 0.167. The molecule has 0 aliphatic carbocycles. The van der Waals surface area contributed by atoms with Crippen LogP contribution in [0.3, 0.4) is 0 Å². The van der Waals surface area contributed by atoms with Crippen LogP contribution in [0.25, 0.3) is 28.4 Å². The van der Waals surface area contributed by atoms with Gasteiger partial charge in [-0.2, -0.15) is 0 Å². The van der Waals surface area contributed by atoms with Crippen molar-refractivity contribution in [1.82, 2.24) is 25.0 Å². The number of anilines is 1. The van der Waals surface area contributed by atoms with Crippen LogP contribution in [-0.2, 0) is 23.2 Å². The third-order valence-corrected chi connectivity index (χ3v) is 9.14. The number of aryl methyl sites for hydroxylation is 1. The van der Waals surface area contributed by atoms with Crippen molar-refractivity contribution in [3.8, 4) is 0 Å². The molecule has 244 valence electrons. The van der Waals surface area contributed by atoms with Crippen molar-refractivity contribution in [1.29, 1.82) is 0 Å². The maximum atomic E-state index is 13.3. The van der Waals surface area contributed by atoms with E-state index in [0.717, 1.165) is 50.7 Å². The summed E-state index contributed by atoms with van der Waals surface area (Å²) in [6, 6.07) is 21.4. The maximum Gasteiger partial charge on any atom is 0.323 e. The summed E-state index contributed by atoms with van der Waals surface area (Å²) in [6.45, 7) is 12.9. The molecule has 0 saturated heterocycles. The zero-order chi connectivity index (χ0) is 34.2. The van der Waals surface area contributed by atoms with Crippen LogP contribution in [0.2, 0.25) is 0 Å². The van der Waals surface area contributed by atoms with Crippen LogP contribution in [0.4, 0.5) is 5.69 Å². The van der Waals surface area contributed by atoms with Crippen LogP contribution >= 0.6 is 0 Å². The second-order valence-corrected chi connectivity index (χ2v) is 12.9. The lowest BCUT2D eigenvalue weighted by Gasteiger charge is -2.40. The summed E-state index contributed by atoms with van der Waals surface area (Å²) < 4.78 is 35.4. The number of hydrogen-bond donors (Lipinski definition) is 1. The molecule has 1 N–H and O–H groups in total. The van der Waals surface area contributed by atoms with E-state index in [0.29, 0.717) is 18.7 Å². The average molecular weight is 662 g/mol.